The van der Waals surface area contributed by atoms with Gasteiger partial charge in [0.2, 0.25) is 5.89 Å². The third-order valence-electron chi connectivity index (χ3n) is 8.92. The zero-order valence-electron chi connectivity index (χ0n) is 28.0. The summed E-state index contributed by atoms with van der Waals surface area (Å²) in [5, 5.41) is 2.36. The standard InChI is InChI=1S/C44H40N2O/c1-43(2,3)34-17-12-15-32(25-34)29-21-23-31(24-22-29)38-26-35(44(4,5)6)27-40-41(38)46-42(47-40)37-19-9-10-20-39(37)45-28-33-16-11-14-30-13-7-8-18-36(30)33/h7-28H,1-6H3. The smallest absolute Gasteiger partial charge is 0.229 e. The zero-order valence-corrected chi connectivity index (χ0v) is 28.0. The van der Waals surface area contributed by atoms with E-state index < -0.39 is 0 Å². The summed E-state index contributed by atoms with van der Waals surface area (Å²) in [5.74, 6) is 0.564. The van der Waals surface area contributed by atoms with Crippen LogP contribution in [0.15, 0.2) is 137 Å². The fourth-order valence-electron chi connectivity index (χ4n) is 6.07. The first-order valence-electron chi connectivity index (χ1n) is 16.3. The van der Waals surface area contributed by atoms with Gasteiger partial charge in [0, 0.05) is 17.3 Å². The normalized spacial score (nSPS) is 12.4. The highest BCUT2D eigenvalue weighted by Gasteiger charge is 2.22. The maximum absolute atomic E-state index is 6.57. The predicted molar refractivity (Wildman–Crippen MR) is 199 cm³/mol. The average molecular weight is 613 g/mol. The first-order valence-corrected chi connectivity index (χ1v) is 16.3. The number of rotatable bonds is 5. The minimum absolute atomic E-state index is 0.0656. The largest absolute Gasteiger partial charge is 0.436 e. The van der Waals surface area contributed by atoms with Crippen LogP contribution in [0.3, 0.4) is 0 Å². The Morgan fingerprint density at radius 2 is 1.26 bits per heavy atom. The van der Waals surface area contributed by atoms with Crippen molar-refractivity contribution < 1.29 is 4.42 Å². The molecule has 3 nitrogen and oxygen atoms in total. The number of nitrogens with zero attached hydrogens (tertiary/aromatic N) is 2. The van der Waals surface area contributed by atoms with Crippen molar-refractivity contribution >= 4 is 33.8 Å². The minimum Gasteiger partial charge on any atom is -0.436 e. The Labute approximate surface area is 277 Å². The van der Waals surface area contributed by atoms with Crippen molar-refractivity contribution in [2.75, 3.05) is 0 Å². The third-order valence-corrected chi connectivity index (χ3v) is 8.92. The van der Waals surface area contributed by atoms with Crippen molar-refractivity contribution in [3.8, 4) is 33.7 Å². The molecule has 232 valence electrons. The summed E-state index contributed by atoms with van der Waals surface area (Å²) >= 11 is 0. The van der Waals surface area contributed by atoms with E-state index in [2.05, 4.69) is 145 Å². The van der Waals surface area contributed by atoms with Crippen LogP contribution in [0.5, 0.6) is 0 Å². The average Bonchev–Trinajstić information content (AvgIpc) is 3.51. The molecule has 0 bridgehead atoms. The maximum Gasteiger partial charge on any atom is 0.229 e. The van der Waals surface area contributed by atoms with E-state index in [-0.39, 0.29) is 10.8 Å². The van der Waals surface area contributed by atoms with Crippen molar-refractivity contribution in [2.45, 2.75) is 52.4 Å². The molecule has 0 spiro atoms. The second kappa shape index (κ2) is 11.8. The van der Waals surface area contributed by atoms with Gasteiger partial charge in [0.25, 0.3) is 0 Å². The second-order valence-corrected chi connectivity index (χ2v) is 14.4. The van der Waals surface area contributed by atoms with Crippen LogP contribution < -0.4 is 0 Å². The number of aliphatic imine (C=N–C) groups is 1. The Hall–Kier alpha value is -5.28. The van der Waals surface area contributed by atoms with Crippen molar-refractivity contribution in [3.05, 3.63) is 144 Å². The molecule has 0 saturated carbocycles. The quantitative estimate of drug-likeness (QED) is 0.181. The third kappa shape index (κ3) is 6.14. The molecular weight excluding hydrogens is 572 g/mol. The number of para-hydroxylation sites is 1. The Bertz CT molecular complexity index is 2250. The van der Waals surface area contributed by atoms with Gasteiger partial charge in [-0.2, -0.15) is 0 Å². The maximum atomic E-state index is 6.57. The van der Waals surface area contributed by atoms with Crippen molar-refractivity contribution in [3.63, 3.8) is 0 Å². The lowest BCUT2D eigenvalue weighted by atomic mass is 9.84. The highest BCUT2D eigenvalue weighted by molar-refractivity contribution is 6.01. The van der Waals surface area contributed by atoms with Crippen LogP contribution in [0.4, 0.5) is 5.69 Å². The van der Waals surface area contributed by atoms with Crippen molar-refractivity contribution in [1.82, 2.24) is 4.98 Å². The highest BCUT2D eigenvalue weighted by atomic mass is 16.3. The molecule has 0 atom stereocenters. The molecule has 0 fully saturated rings. The fraction of sp³-hybridized carbons (Fsp3) is 0.182. The molecule has 0 radical (unpaired) electrons. The molecule has 0 saturated heterocycles. The van der Waals surface area contributed by atoms with E-state index in [1.54, 1.807) is 0 Å². The summed E-state index contributed by atoms with van der Waals surface area (Å²) in [6.45, 7) is 13.5. The van der Waals surface area contributed by atoms with E-state index in [9.17, 15) is 0 Å². The van der Waals surface area contributed by atoms with Gasteiger partial charge >= 0.3 is 0 Å². The molecule has 0 amide bonds. The number of fused-ring (bicyclic) bond motifs is 2. The molecule has 0 N–H and O–H groups in total. The minimum atomic E-state index is -0.0656. The van der Waals surface area contributed by atoms with E-state index in [4.69, 9.17) is 14.4 Å². The van der Waals surface area contributed by atoms with Gasteiger partial charge in [0.1, 0.15) is 5.52 Å². The summed E-state index contributed by atoms with van der Waals surface area (Å²) < 4.78 is 6.57. The fourth-order valence-corrected chi connectivity index (χ4v) is 6.07. The molecule has 7 rings (SSSR count). The van der Waals surface area contributed by atoms with Crippen LogP contribution in [0.25, 0.3) is 55.6 Å². The van der Waals surface area contributed by atoms with Crippen LogP contribution in [-0.4, -0.2) is 11.2 Å². The molecule has 6 aromatic carbocycles. The summed E-state index contributed by atoms with van der Waals surface area (Å²) in [5.41, 5.74) is 11.5. The van der Waals surface area contributed by atoms with Gasteiger partial charge < -0.3 is 4.42 Å². The van der Waals surface area contributed by atoms with E-state index in [1.165, 1.54) is 33.0 Å². The lowest BCUT2D eigenvalue weighted by Gasteiger charge is -2.20. The van der Waals surface area contributed by atoms with Gasteiger partial charge in [-0.3, -0.25) is 4.99 Å². The van der Waals surface area contributed by atoms with Gasteiger partial charge in [0.15, 0.2) is 5.58 Å². The van der Waals surface area contributed by atoms with Crippen molar-refractivity contribution in [2.24, 2.45) is 4.99 Å². The van der Waals surface area contributed by atoms with Gasteiger partial charge in [-0.1, -0.05) is 145 Å². The molecule has 0 unspecified atom stereocenters. The molecule has 7 aromatic rings. The van der Waals surface area contributed by atoms with Gasteiger partial charge in [-0.05, 0) is 73.7 Å². The van der Waals surface area contributed by atoms with E-state index in [0.29, 0.717) is 5.89 Å². The van der Waals surface area contributed by atoms with Crippen molar-refractivity contribution in [1.29, 1.82) is 0 Å². The summed E-state index contributed by atoms with van der Waals surface area (Å²) in [6.07, 6.45) is 1.94. The van der Waals surface area contributed by atoms with Crippen LogP contribution in [0.1, 0.15) is 58.2 Å². The molecule has 3 heteroatoms. The summed E-state index contributed by atoms with van der Waals surface area (Å²) in [6, 6.07) is 44.8. The summed E-state index contributed by atoms with van der Waals surface area (Å²) in [7, 11) is 0. The molecule has 47 heavy (non-hydrogen) atoms. The first-order chi connectivity index (χ1) is 22.5. The topological polar surface area (TPSA) is 38.4 Å². The monoisotopic (exact) mass is 612 g/mol. The van der Waals surface area contributed by atoms with Crippen LogP contribution >= 0.6 is 0 Å². The van der Waals surface area contributed by atoms with Gasteiger partial charge in [-0.25, -0.2) is 4.98 Å². The second-order valence-electron chi connectivity index (χ2n) is 14.4. The number of aromatic nitrogens is 1. The molecule has 0 aliphatic heterocycles. The van der Waals surface area contributed by atoms with E-state index in [1.807, 2.05) is 30.5 Å². The Morgan fingerprint density at radius 3 is 2.04 bits per heavy atom. The Balaban J connectivity index is 1.30. The zero-order chi connectivity index (χ0) is 32.8. The lowest BCUT2D eigenvalue weighted by molar-refractivity contribution is 0.584. The molecule has 0 aliphatic carbocycles. The lowest BCUT2D eigenvalue weighted by Crippen LogP contribution is -2.11. The predicted octanol–water partition coefficient (Wildman–Crippen LogP) is 12.3. The number of hydrogen-bond acceptors (Lipinski definition) is 3. The number of benzene rings is 6. The van der Waals surface area contributed by atoms with Crippen LogP contribution in [-0.2, 0) is 10.8 Å². The van der Waals surface area contributed by atoms with Gasteiger partial charge in [0.05, 0.1) is 11.3 Å². The number of hydrogen-bond donors (Lipinski definition) is 0. The van der Waals surface area contributed by atoms with Crippen LogP contribution in [0, 0.1) is 0 Å². The number of oxazole rings is 1. The summed E-state index contributed by atoms with van der Waals surface area (Å²) in [4.78, 5) is 10.1. The molecule has 0 aliphatic rings. The highest BCUT2D eigenvalue weighted by Crippen LogP contribution is 2.39. The van der Waals surface area contributed by atoms with E-state index >= 15 is 0 Å². The molecule has 1 heterocycles. The molecule has 1 aromatic heterocycles. The SMILES string of the molecule is CC(C)(C)c1cccc(-c2ccc(-c3cc(C(C)(C)C)cc4oc(-c5ccccc5N=Cc5cccc6ccccc56)nc34)cc2)c1. The molecular formula is C44H40N2O. The Morgan fingerprint density at radius 1 is 0.574 bits per heavy atom. The van der Waals surface area contributed by atoms with E-state index in [0.717, 1.165) is 39.0 Å². The van der Waals surface area contributed by atoms with Gasteiger partial charge in [-0.15, -0.1) is 0 Å². The first kappa shape index (κ1) is 30.4. The Kier molecular flexibility index (Phi) is 7.64. The van der Waals surface area contributed by atoms with Crippen LogP contribution in [0.2, 0.25) is 0 Å².